The van der Waals surface area contributed by atoms with Crippen molar-refractivity contribution in [3.05, 3.63) is 29.8 Å². The summed E-state index contributed by atoms with van der Waals surface area (Å²) in [6.07, 6.45) is 3.07. The Kier molecular flexibility index (Phi) is 5.40. The molecule has 0 saturated carbocycles. The summed E-state index contributed by atoms with van der Waals surface area (Å²) in [4.78, 5) is 14.1. The summed E-state index contributed by atoms with van der Waals surface area (Å²) in [6.45, 7) is 6.07. The third-order valence-electron chi connectivity index (χ3n) is 3.12. The minimum absolute atomic E-state index is 0.244. The first-order chi connectivity index (χ1) is 8.85. The smallest absolute Gasteiger partial charge is 0.338 e. The fraction of sp³-hybridized carbons (Fsp3) is 0.562. The largest absolute Gasteiger partial charge is 0.456 e. The number of hydrogen-bond donors (Lipinski definition) is 0. The second kappa shape index (κ2) is 6.60. The van der Waals surface area contributed by atoms with E-state index in [4.69, 9.17) is 4.74 Å². The molecule has 3 heteroatoms. The van der Waals surface area contributed by atoms with Crippen LogP contribution >= 0.6 is 0 Å². The summed E-state index contributed by atoms with van der Waals surface area (Å²) in [5.41, 5.74) is 1.28. The van der Waals surface area contributed by atoms with Crippen molar-refractivity contribution in [2.75, 3.05) is 19.0 Å². The first kappa shape index (κ1) is 15.5. The summed E-state index contributed by atoms with van der Waals surface area (Å²) in [6, 6.07) is 7.48. The first-order valence-corrected chi connectivity index (χ1v) is 6.86. The van der Waals surface area contributed by atoms with Crippen molar-refractivity contribution in [1.82, 2.24) is 0 Å². The van der Waals surface area contributed by atoms with Crippen molar-refractivity contribution < 1.29 is 9.53 Å². The summed E-state index contributed by atoms with van der Waals surface area (Å²) >= 11 is 0. The highest BCUT2D eigenvalue weighted by Gasteiger charge is 2.22. The fourth-order valence-corrected chi connectivity index (χ4v) is 1.86. The highest BCUT2D eigenvalue weighted by molar-refractivity contribution is 5.90. The maximum Gasteiger partial charge on any atom is 0.338 e. The number of nitrogens with zero attached hydrogens (tertiary/aromatic N) is 1. The number of anilines is 1. The highest BCUT2D eigenvalue weighted by atomic mass is 16.6. The molecule has 0 heterocycles. The van der Waals surface area contributed by atoms with Crippen LogP contribution in [0.15, 0.2) is 24.3 Å². The number of hydrogen-bond acceptors (Lipinski definition) is 3. The topological polar surface area (TPSA) is 29.5 Å². The zero-order valence-corrected chi connectivity index (χ0v) is 12.7. The maximum atomic E-state index is 12.1. The van der Waals surface area contributed by atoms with E-state index < -0.39 is 5.60 Å². The predicted octanol–water partition coefficient (Wildman–Crippen LogP) is 3.88. The van der Waals surface area contributed by atoms with E-state index in [1.54, 1.807) is 0 Å². The molecule has 0 saturated heterocycles. The molecule has 3 nitrogen and oxygen atoms in total. The van der Waals surface area contributed by atoms with Gasteiger partial charge in [0.1, 0.15) is 5.60 Å². The Hall–Kier alpha value is -1.51. The first-order valence-electron chi connectivity index (χ1n) is 6.86. The third-order valence-corrected chi connectivity index (χ3v) is 3.12. The Morgan fingerprint density at radius 3 is 2.26 bits per heavy atom. The van der Waals surface area contributed by atoms with Crippen LogP contribution in [0.5, 0.6) is 0 Å². The maximum absolute atomic E-state index is 12.1. The summed E-state index contributed by atoms with van der Waals surface area (Å²) in [7, 11) is 3.95. The Morgan fingerprint density at radius 1 is 1.21 bits per heavy atom. The lowest BCUT2D eigenvalue weighted by molar-refractivity contribution is -0.00532. The van der Waals surface area contributed by atoms with Gasteiger partial charge in [0.25, 0.3) is 0 Å². The van der Waals surface area contributed by atoms with Gasteiger partial charge in [-0.3, -0.25) is 0 Å². The van der Waals surface area contributed by atoms with Crippen molar-refractivity contribution in [1.29, 1.82) is 0 Å². The molecule has 0 bridgehead atoms. The zero-order valence-electron chi connectivity index (χ0n) is 12.7. The van der Waals surface area contributed by atoms with Gasteiger partial charge in [-0.25, -0.2) is 4.79 Å². The molecule has 0 fully saturated rings. The van der Waals surface area contributed by atoms with Crippen molar-refractivity contribution in [2.45, 2.75) is 45.6 Å². The van der Waals surface area contributed by atoms with Gasteiger partial charge >= 0.3 is 5.97 Å². The minimum Gasteiger partial charge on any atom is -0.456 e. The van der Waals surface area contributed by atoms with Gasteiger partial charge in [-0.15, -0.1) is 0 Å². The third kappa shape index (κ3) is 4.93. The van der Waals surface area contributed by atoms with Crippen LogP contribution in [-0.2, 0) is 4.74 Å². The van der Waals surface area contributed by atoms with Gasteiger partial charge in [0, 0.05) is 19.8 Å². The van der Waals surface area contributed by atoms with Crippen molar-refractivity contribution in [3.63, 3.8) is 0 Å². The van der Waals surface area contributed by atoms with Crippen molar-refractivity contribution in [3.8, 4) is 0 Å². The quantitative estimate of drug-likeness (QED) is 0.729. The summed E-state index contributed by atoms with van der Waals surface area (Å²) < 4.78 is 5.57. The standard InChI is InChI=1S/C16H25NO2/c1-6-7-12-16(2,3)19-15(18)13-8-10-14(11-9-13)17(4)5/h8-11H,6-7,12H2,1-5H3. The Morgan fingerprint density at radius 2 is 1.79 bits per heavy atom. The van der Waals surface area contributed by atoms with Crippen LogP contribution in [0.1, 0.15) is 50.4 Å². The lowest BCUT2D eigenvalue weighted by atomic mass is 10.0. The average Bonchev–Trinajstić information content (AvgIpc) is 2.36. The van der Waals surface area contributed by atoms with Crippen LogP contribution < -0.4 is 4.90 Å². The lowest BCUT2D eigenvalue weighted by Crippen LogP contribution is -2.28. The van der Waals surface area contributed by atoms with Crippen LogP contribution in [0, 0.1) is 0 Å². The monoisotopic (exact) mass is 263 g/mol. The number of benzene rings is 1. The number of carbonyl (C=O) groups is 1. The van der Waals surface area contributed by atoms with Gasteiger partial charge in [0.2, 0.25) is 0 Å². The van der Waals surface area contributed by atoms with E-state index in [1.165, 1.54) is 0 Å². The van der Waals surface area contributed by atoms with E-state index >= 15 is 0 Å². The fourth-order valence-electron chi connectivity index (χ4n) is 1.86. The molecule has 0 aliphatic heterocycles. The van der Waals surface area contributed by atoms with Crippen molar-refractivity contribution >= 4 is 11.7 Å². The number of unbranched alkanes of at least 4 members (excludes halogenated alkanes) is 1. The van der Waals surface area contributed by atoms with E-state index in [1.807, 2.05) is 57.1 Å². The van der Waals surface area contributed by atoms with E-state index in [9.17, 15) is 4.79 Å². The molecule has 0 radical (unpaired) electrons. The molecular weight excluding hydrogens is 238 g/mol. The number of carbonyl (C=O) groups excluding carboxylic acids is 1. The average molecular weight is 263 g/mol. The Bertz CT molecular complexity index is 407. The number of esters is 1. The van der Waals surface area contributed by atoms with Gasteiger partial charge in [-0.2, -0.15) is 0 Å². The van der Waals surface area contributed by atoms with Crippen LogP contribution in [0.3, 0.4) is 0 Å². The van der Waals surface area contributed by atoms with Gasteiger partial charge < -0.3 is 9.64 Å². The number of ether oxygens (including phenoxy) is 1. The van der Waals surface area contributed by atoms with Gasteiger partial charge in [-0.05, 0) is 51.0 Å². The Labute approximate surface area is 116 Å². The summed E-state index contributed by atoms with van der Waals surface area (Å²) in [5, 5.41) is 0. The van der Waals surface area contributed by atoms with Gasteiger partial charge in [0.05, 0.1) is 5.56 Å². The molecule has 106 valence electrons. The molecule has 0 spiro atoms. The molecule has 0 atom stereocenters. The molecular formula is C16H25NO2. The van der Waals surface area contributed by atoms with Crippen LogP contribution in [-0.4, -0.2) is 25.7 Å². The molecule has 0 amide bonds. The molecule has 0 N–H and O–H groups in total. The molecule has 0 unspecified atom stereocenters. The van der Waals surface area contributed by atoms with E-state index in [-0.39, 0.29) is 5.97 Å². The molecule has 1 aromatic carbocycles. The second-order valence-corrected chi connectivity index (χ2v) is 5.69. The van der Waals surface area contributed by atoms with Gasteiger partial charge in [0.15, 0.2) is 0 Å². The Balaban J connectivity index is 2.67. The van der Waals surface area contributed by atoms with Crippen LogP contribution in [0.4, 0.5) is 5.69 Å². The molecule has 0 aliphatic carbocycles. The van der Waals surface area contributed by atoms with Crippen LogP contribution in [0.25, 0.3) is 0 Å². The lowest BCUT2D eigenvalue weighted by Gasteiger charge is -2.25. The molecule has 0 aromatic heterocycles. The molecule has 0 aliphatic rings. The minimum atomic E-state index is -0.396. The van der Waals surface area contributed by atoms with E-state index in [0.717, 1.165) is 24.9 Å². The van der Waals surface area contributed by atoms with E-state index in [0.29, 0.717) is 5.56 Å². The van der Waals surface area contributed by atoms with Crippen LogP contribution in [0.2, 0.25) is 0 Å². The molecule has 1 aromatic rings. The second-order valence-electron chi connectivity index (χ2n) is 5.69. The number of rotatable bonds is 6. The highest BCUT2D eigenvalue weighted by Crippen LogP contribution is 2.21. The van der Waals surface area contributed by atoms with E-state index in [2.05, 4.69) is 6.92 Å². The normalized spacial score (nSPS) is 11.2. The van der Waals surface area contributed by atoms with Gasteiger partial charge in [-0.1, -0.05) is 13.3 Å². The predicted molar refractivity (Wildman–Crippen MR) is 79.8 cm³/mol. The zero-order chi connectivity index (χ0) is 14.5. The molecule has 1 rings (SSSR count). The van der Waals surface area contributed by atoms with Crippen molar-refractivity contribution in [2.24, 2.45) is 0 Å². The summed E-state index contributed by atoms with van der Waals surface area (Å²) in [5.74, 6) is -0.244. The molecule has 19 heavy (non-hydrogen) atoms. The SMILES string of the molecule is CCCCC(C)(C)OC(=O)c1ccc(N(C)C)cc1.